The third-order valence-corrected chi connectivity index (χ3v) is 7.73. The highest BCUT2D eigenvalue weighted by Crippen LogP contribution is 2.50. The predicted octanol–water partition coefficient (Wildman–Crippen LogP) is 5.31. The number of nitrogen functional groups attached to an aromatic ring is 1. The SMILES string of the molecule is COc1ccc(-c2ccc(C(N)=O)cc2C(=O)O)cc1C1CC(C)(c2ccccc2)c2cc(C(=N)N)ccc2N1. The highest BCUT2D eigenvalue weighted by molar-refractivity contribution is 6.01. The van der Waals surface area contributed by atoms with Gasteiger partial charge in [0.2, 0.25) is 5.91 Å². The van der Waals surface area contributed by atoms with Crippen LogP contribution in [0.25, 0.3) is 11.1 Å². The van der Waals surface area contributed by atoms with Crippen LogP contribution in [0.2, 0.25) is 0 Å². The molecule has 8 heteroatoms. The summed E-state index contributed by atoms with van der Waals surface area (Å²) < 4.78 is 5.77. The van der Waals surface area contributed by atoms with Crippen molar-refractivity contribution >= 4 is 23.4 Å². The van der Waals surface area contributed by atoms with Crippen molar-refractivity contribution in [3.05, 3.63) is 118 Å². The zero-order valence-electron chi connectivity index (χ0n) is 22.2. The zero-order chi connectivity index (χ0) is 28.6. The molecule has 2 unspecified atom stereocenters. The van der Waals surface area contributed by atoms with Crippen molar-refractivity contribution in [3.63, 3.8) is 0 Å². The summed E-state index contributed by atoms with van der Waals surface area (Å²) in [7, 11) is 1.61. The van der Waals surface area contributed by atoms with Gasteiger partial charge in [0, 0.05) is 27.8 Å². The number of carbonyl (C=O) groups excluding carboxylic acids is 1. The fourth-order valence-corrected chi connectivity index (χ4v) is 5.62. The maximum Gasteiger partial charge on any atom is 0.336 e. The Labute approximate surface area is 232 Å². The third kappa shape index (κ3) is 4.64. The number of ether oxygens (including phenoxy) is 1. The first-order chi connectivity index (χ1) is 19.1. The fourth-order valence-electron chi connectivity index (χ4n) is 5.62. The summed E-state index contributed by atoms with van der Waals surface area (Å²) in [4.78, 5) is 23.8. The first-order valence-electron chi connectivity index (χ1n) is 12.8. The number of benzene rings is 4. The average molecular weight is 535 g/mol. The number of primary amides is 1. The van der Waals surface area contributed by atoms with Gasteiger partial charge in [0.1, 0.15) is 11.6 Å². The van der Waals surface area contributed by atoms with Crippen LogP contribution in [-0.4, -0.2) is 29.9 Å². The molecule has 2 atom stereocenters. The minimum Gasteiger partial charge on any atom is -0.496 e. The molecule has 0 saturated carbocycles. The van der Waals surface area contributed by atoms with Crippen LogP contribution in [0.1, 0.15) is 62.4 Å². The maximum atomic E-state index is 12.1. The van der Waals surface area contributed by atoms with Gasteiger partial charge in [-0.15, -0.1) is 0 Å². The molecule has 0 saturated heterocycles. The van der Waals surface area contributed by atoms with Gasteiger partial charge in [0.05, 0.1) is 18.7 Å². The number of hydrogen-bond donors (Lipinski definition) is 5. The molecule has 0 aliphatic carbocycles. The number of carboxylic acids is 1. The molecular weight excluding hydrogens is 504 g/mol. The standard InChI is InChI=1S/C32H30N4O4/c1-32(21-6-4-3-5-7-21)17-27(36-26-12-9-19(29(33)34)16-25(26)32)24-14-18(10-13-28(24)40-2)22-11-8-20(30(35)37)15-23(22)31(38)39/h3-16,27,36H,17H2,1-2H3,(H3,33,34)(H2,35,37)(H,38,39). The molecular formula is C32H30N4O4. The van der Waals surface area contributed by atoms with Gasteiger partial charge >= 0.3 is 5.97 Å². The van der Waals surface area contributed by atoms with E-state index in [-0.39, 0.29) is 23.0 Å². The van der Waals surface area contributed by atoms with E-state index in [2.05, 4.69) is 24.4 Å². The van der Waals surface area contributed by atoms with E-state index in [0.717, 1.165) is 22.4 Å². The number of carboxylic acid groups (broad SMARTS) is 1. The van der Waals surface area contributed by atoms with Crippen LogP contribution >= 0.6 is 0 Å². The number of rotatable bonds is 7. The molecule has 0 aromatic heterocycles. The Morgan fingerprint density at radius 3 is 2.35 bits per heavy atom. The Hall–Kier alpha value is -5.11. The van der Waals surface area contributed by atoms with Gasteiger partial charge in [0.25, 0.3) is 0 Å². The number of carbonyl (C=O) groups is 2. The minimum atomic E-state index is -1.15. The lowest BCUT2D eigenvalue weighted by molar-refractivity contribution is 0.0697. The normalized spacial score (nSPS) is 17.8. The van der Waals surface area contributed by atoms with Gasteiger partial charge in [-0.2, -0.15) is 0 Å². The molecule has 1 aliphatic rings. The van der Waals surface area contributed by atoms with Crippen LogP contribution in [0.3, 0.4) is 0 Å². The molecule has 202 valence electrons. The Morgan fingerprint density at radius 2 is 1.70 bits per heavy atom. The third-order valence-electron chi connectivity index (χ3n) is 7.73. The van der Waals surface area contributed by atoms with Crippen LogP contribution in [0.5, 0.6) is 5.75 Å². The van der Waals surface area contributed by atoms with E-state index in [4.69, 9.17) is 21.6 Å². The quantitative estimate of drug-likeness (QED) is 0.160. The van der Waals surface area contributed by atoms with Gasteiger partial charge in [-0.3, -0.25) is 10.2 Å². The van der Waals surface area contributed by atoms with E-state index in [1.807, 2.05) is 48.5 Å². The summed E-state index contributed by atoms with van der Waals surface area (Å²) in [6.45, 7) is 2.18. The summed E-state index contributed by atoms with van der Waals surface area (Å²) in [6.07, 6.45) is 0.650. The lowest BCUT2D eigenvalue weighted by Crippen LogP contribution is -2.35. The molecule has 4 aromatic carbocycles. The maximum absolute atomic E-state index is 12.1. The topological polar surface area (TPSA) is 152 Å². The Bertz CT molecular complexity index is 1650. The van der Waals surface area contributed by atoms with Crippen LogP contribution < -0.4 is 21.5 Å². The summed E-state index contributed by atoms with van der Waals surface area (Å²) in [5.74, 6) is -1.18. The molecule has 7 N–H and O–H groups in total. The van der Waals surface area contributed by atoms with Gasteiger partial charge in [-0.05, 0) is 71.1 Å². The summed E-state index contributed by atoms with van der Waals surface area (Å²) in [5, 5.41) is 21.5. The highest BCUT2D eigenvalue weighted by Gasteiger charge is 2.39. The molecule has 0 fully saturated rings. The van der Waals surface area contributed by atoms with E-state index in [0.29, 0.717) is 28.9 Å². The Balaban J connectivity index is 1.66. The first kappa shape index (κ1) is 26.5. The van der Waals surface area contributed by atoms with Gasteiger partial charge in [0.15, 0.2) is 0 Å². The number of nitrogens with two attached hydrogens (primary N) is 2. The number of fused-ring (bicyclic) bond motifs is 1. The molecule has 8 nitrogen and oxygen atoms in total. The minimum absolute atomic E-state index is 0.00583. The van der Waals surface area contributed by atoms with Crippen molar-refractivity contribution < 1.29 is 19.4 Å². The summed E-state index contributed by atoms with van der Waals surface area (Å²) >= 11 is 0. The van der Waals surface area contributed by atoms with Crippen LogP contribution in [0.4, 0.5) is 5.69 Å². The van der Waals surface area contributed by atoms with Gasteiger partial charge in [-0.25, -0.2) is 4.79 Å². The van der Waals surface area contributed by atoms with Crippen LogP contribution in [0, 0.1) is 5.41 Å². The van der Waals surface area contributed by atoms with E-state index < -0.39 is 17.3 Å². The predicted molar refractivity (Wildman–Crippen MR) is 155 cm³/mol. The number of anilines is 1. The smallest absolute Gasteiger partial charge is 0.336 e. The van der Waals surface area contributed by atoms with E-state index in [9.17, 15) is 14.7 Å². The number of methoxy groups -OCH3 is 1. The zero-order valence-corrected chi connectivity index (χ0v) is 22.2. The number of amidine groups is 1. The molecule has 0 radical (unpaired) electrons. The summed E-state index contributed by atoms with van der Waals surface area (Å²) in [5.41, 5.74) is 16.6. The molecule has 0 spiro atoms. The lowest BCUT2D eigenvalue weighted by atomic mass is 9.68. The second-order valence-corrected chi connectivity index (χ2v) is 10.2. The van der Waals surface area contributed by atoms with E-state index >= 15 is 0 Å². The van der Waals surface area contributed by atoms with Crippen molar-refractivity contribution in [3.8, 4) is 16.9 Å². The summed E-state index contributed by atoms with van der Waals surface area (Å²) in [6, 6.07) is 25.7. The Morgan fingerprint density at radius 1 is 0.975 bits per heavy atom. The van der Waals surface area contributed by atoms with Crippen LogP contribution in [0.15, 0.2) is 84.9 Å². The molecule has 0 bridgehead atoms. The molecule has 40 heavy (non-hydrogen) atoms. The van der Waals surface area contributed by atoms with Crippen molar-refractivity contribution in [2.24, 2.45) is 11.5 Å². The first-order valence-corrected chi connectivity index (χ1v) is 12.8. The van der Waals surface area contributed by atoms with Crippen molar-refractivity contribution in [1.29, 1.82) is 5.41 Å². The second kappa shape index (κ2) is 10.2. The second-order valence-electron chi connectivity index (χ2n) is 10.2. The fraction of sp³-hybridized carbons (Fsp3) is 0.156. The van der Waals surface area contributed by atoms with Crippen molar-refractivity contribution in [2.45, 2.75) is 24.8 Å². The van der Waals surface area contributed by atoms with Crippen LogP contribution in [-0.2, 0) is 5.41 Å². The number of hydrogen-bond acceptors (Lipinski definition) is 5. The number of amides is 1. The van der Waals surface area contributed by atoms with Crippen molar-refractivity contribution in [2.75, 3.05) is 12.4 Å². The Kier molecular flexibility index (Phi) is 6.77. The monoisotopic (exact) mass is 534 g/mol. The lowest BCUT2D eigenvalue weighted by Gasteiger charge is -2.42. The van der Waals surface area contributed by atoms with Gasteiger partial charge < -0.3 is 26.6 Å². The molecule has 1 aliphatic heterocycles. The van der Waals surface area contributed by atoms with E-state index in [1.165, 1.54) is 12.1 Å². The highest BCUT2D eigenvalue weighted by atomic mass is 16.5. The molecule has 4 aromatic rings. The van der Waals surface area contributed by atoms with E-state index in [1.54, 1.807) is 19.2 Å². The largest absolute Gasteiger partial charge is 0.496 e. The average Bonchev–Trinajstić information content (AvgIpc) is 2.96. The molecule has 5 rings (SSSR count). The number of nitrogens with one attached hydrogen (secondary N) is 2. The van der Waals surface area contributed by atoms with Gasteiger partial charge in [-0.1, -0.05) is 49.4 Å². The molecule has 1 amide bonds. The molecule has 1 heterocycles. The number of aromatic carboxylic acids is 1. The van der Waals surface area contributed by atoms with Crippen molar-refractivity contribution in [1.82, 2.24) is 0 Å².